The van der Waals surface area contributed by atoms with E-state index in [4.69, 9.17) is 4.52 Å². The van der Waals surface area contributed by atoms with E-state index in [1.54, 1.807) is 12.4 Å². The SMILES string of the molecule is CCCNC(C)c1nc(-c2cnccc2C)no1. The molecule has 96 valence electrons. The molecule has 18 heavy (non-hydrogen) atoms. The van der Waals surface area contributed by atoms with Crippen molar-refractivity contribution in [2.75, 3.05) is 6.54 Å². The summed E-state index contributed by atoms with van der Waals surface area (Å²) >= 11 is 0. The highest BCUT2D eigenvalue weighted by molar-refractivity contribution is 5.57. The predicted molar refractivity (Wildman–Crippen MR) is 69.0 cm³/mol. The van der Waals surface area contributed by atoms with Gasteiger partial charge in [0.25, 0.3) is 0 Å². The van der Waals surface area contributed by atoms with E-state index in [9.17, 15) is 0 Å². The molecule has 0 spiro atoms. The van der Waals surface area contributed by atoms with Gasteiger partial charge in [0.15, 0.2) is 0 Å². The van der Waals surface area contributed by atoms with Gasteiger partial charge < -0.3 is 9.84 Å². The molecule has 1 unspecified atom stereocenters. The van der Waals surface area contributed by atoms with Gasteiger partial charge in [-0.25, -0.2) is 0 Å². The van der Waals surface area contributed by atoms with Gasteiger partial charge in [0.1, 0.15) is 0 Å². The smallest absolute Gasteiger partial charge is 0.243 e. The van der Waals surface area contributed by atoms with Crippen LogP contribution in [-0.2, 0) is 0 Å². The highest BCUT2D eigenvalue weighted by Gasteiger charge is 2.15. The Morgan fingerprint density at radius 1 is 1.44 bits per heavy atom. The number of hydrogen-bond donors (Lipinski definition) is 1. The average molecular weight is 246 g/mol. The third kappa shape index (κ3) is 2.73. The molecule has 0 amide bonds. The minimum atomic E-state index is 0.0724. The second-order valence-electron chi connectivity index (χ2n) is 4.32. The Bertz CT molecular complexity index is 509. The molecule has 0 radical (unpaired) electrons. The fourth-order valence-corrected chi connectivity index (χ4v) is 1.67. The Morgan fingerprint density at radius 2 is 2.28 bits per heavy atom. The Morgan fingerprint density at radius 3 is 3.00 bits per heavy atom. The highest BCUT2D eigenvalue weighted by atomic mass is 16.5. The number of hydrogen-bond acceptors (Lipinski definition) is 5. The number of aryl methyl sites for hydroxylation is 1. The van der Waals surface area contributed by atoms with Crippen molar-refractivity contribution in [1.82, 2.24) is 20.4 Å². The molecule has 1 atom stereocenters. The first kappa shape index (κ1) is 12.7. The molecular weight excluding hydrogens is 228 g/mol. The van der Waals surface area contributed by atoms with Crippen molar-refractivity contribution in [1.29, 1.82) is 0 Å². The lowest BCUT2D eigenvalue weighted by Crippen LogP contribution is -2.19. The van der Waals surface area contributed by atoms with E-state index >= 15 is 0 Å². The molecule has 0 aliphatic carbocycles. The third-order valence-electron chi connectivity index (χ3n) is 2.79. The number of nitrogens with zero attached hydrogens (tertiary/aromatic N) is 3. The molecule has 0 saturated carbocycles. The van der Waals surface area contributed by atoms with Crippen molar-refractivity contribution in [2.45, 2.75) is 33.2 Å². The summed E-state index contributed by atoms with van der Waals surface area (Å²) in [7, 11) is 0. The van der Waals surface area contributed by atoms with Crippen molar-refractivity contribution < 1.29 is 4.52 Å². The van der Waals surface area contributed by atoms with Crippen LogP contribution in [0.4, 0.5) is 0 Å². The fourth-order valence-electron chi connectivity index (χ4n) is 1.67. The Balaban J connectivity index is 2.18. The quantitative estimate of drug-likeness (QED) is 0.878. The van der Waals surface area contributed by atoms with Gasteiger partial charge in [-0.3, -0.25) is 4.98 Å². The first-order valence-electron chi connectivity index (χ1n) is 6.20. The van der Waals surface area contributed by atoms with Crippen LogP contribution in [0.2, 0.25) is 0 Å². The zero-order chi connectivity index (χ0) is 13.0. The second kappa shape index (κ2) is 5.73. The van der Waals surface area contributed by atoms with Crippen LogP contribution < -0.4 is 5.32 Å². The van der Waals surface area contributed by atoms with Gasteiger partial charge in [0.05, 0.1) is 6.04 Å². The molecule has 0 fully saturated rings. The van der Waals surface area contributed by atoms with Gasteiger partial charge in [0, 0.05) is 18.0 Å². The standard InChI is InChI=1S/C13H18N4O/c1-4-6-15-10(3)13-16-12(17-18-13)11-8-14-7-5-9(11)2/h5,7-8,10,15H,4,6H2,1-3H3. The zero-order valence-corrected chi connectivity index (χ0v) is 11.0. The van der Waals surface area contributed by atoms with Gasteiger partial charge in [-0.05, 0) is 38.4 Å². The first-order valence-corrected chi connectivity index (χ1v) is 6.20. The molecule has 1 N–H and O–H groups in total. The van der Waals surface area contributed by atoms with Crippen LogP contribution in [0.5, 0.6) is 0 Å². The molecule has 2 rings (SSSR count). The molecular formula is C13H18N4O. The second-order valence-corrected chi connectivity index (χ2v) is 4.32. The largest absolute Gasteiger partial charge is 0.337 e. The summed E-state index contributed by atoms with van der Waals surface area (Å²) < 4.78 is 5.28. The molecule has 0 aliphatic rings. The molecule has 0 aromatic carbocycles. The van der Waals surface area contributed by atoms with Crippen molar-refractivity contribution in [2.24, 2.45) is 0 Å². The van der Waals surface area contributed by atoms with E-state index in [0.717, 1.165) is 24.1 Å². The lowest BCUT2D eigenvalue weighted by atomic mass is 10.1. The van der Waals surface area contributed by atoms with Gasteiger partial charge in [-0.2, -0.15) is 4.98 Å². The first-order chi connectivity index (χ1) is 8.72. The number of pyridine rings is 1. The fraction of sp³-hybridized carbons (Fsp3) is 0.462. The van der Waals surface area contributed by atoms with E-state index in [-0.39, 0.29) is 6.04 Å². The Labute approximate surface area is 107 Å². The van der Waals surface area contributed by atoms with Gasteiger partial charge in [-0.1, -0.05) is 12.1 Å². The van der Waals surface area contributed by atoms with Crippen molar-refractivity contribution in [3.63, 3.8) is 0 Å². The maximum atomic E-state index is 5.28. The summed E-state index contributed by atoms with van der Waals surface area (Å²) in [6.07, 6.45) is 4.59. The summed E-state index contributed by atoms with van der Waals surface area (Å²) in [6, 6.07) is 2.01. The van der Waals surface area contributed by atoms with Crippen LogP contribution in [0.1, 0.15) is 37.8 Å². The van der Waals surface area contributed by atoms with Crippen LogP contribution in [0.15, 0.2) is 23.0 Å². The van der Waals surface area contributed by atoms with Gasteiger partial charge in [0.2, 0.25) is 11.7 Å². The van der Waals surface area contributed by atoms with E-state index in [2.05, 4.69) is 27.4 Å². The molecule has 0 saturated heterocycles. The maximum absolute atomic E-state index is 5.28. The molecule has 5 nitrogen and oxygen atoms in total. The molecule has 0 aliphatic heterocycles. The predicted octanol–water partition coefficient (Wildman–Crippen LogP) is 2.50. The van der Waals surface area contributed by atoms with E-state index < -0.39 is 0 Å². The summed E-state index contributed by atoms with van der Waals surface area (Å²) in [5.41, 5.74) is 2.00. The van der Waals surface area contributed by atoms with Crippen LogP contribution in [-0.4, -0.2) is 21.7 Å². The van der Waals surface area contributed by atoms with E-state index in [1.165, 1.54) is 0 Å². The van der Waals surface area contributed by atoms with E-state index in [0.29, 0.717) is 11.7 Å². The summed E-state index contributed by atoms with van der Waals surface area (Å²) in [5, 5.41) is 7.33. The van der Waals surface area contributed by atoms with Crippen molar-refractivity contribution in [3.8, 4) is 11.4 Å². The maximum Gasteiger partial charge on any atom is 0.243 e. The highest BCUT2D eigenvalue weighted by Crippen LogP contribution is 2.20. The molecule has 2 heterocycles. The van der Waals surface area contributed by atoms with Crippen LogP contribution >= 0.6 is 0 Å². The number of aromatic nitrogens is 3. The normalized spacial score (nSPS) is 12.6. The van der Waals surface area contributed by atoms with E-state index in [1.807, 2.05) is 19.9 Å². The Kier molecular flexibility index (Phi) is 4.04. The number of nitrogens with one attached hydrogen (secondary N) is 1. The van der Waals surface area contributed by atoms with Gasteiger partial charge >= 0.3 is 0 Å². The van der Waals surface area contributed by atoms with Crippen LogP contribution in [0.25, 0.3) is 11.4 Å². The monoisotopic (exact) mass is 246 g/mol. The third-order valence-corrected chi connectivity index (χ3v) is 2.79. The average Bonchev–Trinajstić information content (AvgIpc) is 2.86. The summed E-state index contributed by atoms with van der Waals surface area (Å²) in [4.78, 5) is 8.50. The molecule has 2 aromatic heterocycles. The lowest BCUT2D eigenvalue weighted by molar-refractivity contribution is 0.340. The van der Waals surface area contributed by atoms with Crippen molar-refractivity contribution >= 4 is 0 Å². The van der Waals surface area contributed by atoms with Crippen molar-refractivity contribution in [3.05, 3.63) is 29.9 Å². The summed E-state index contributed by atoms with van der Waals surface area (Å²) in [5.74, 6) is 1.21. The molecule has 2 aromatic rings. The number of rotatable bonds is 5. The van der Waals surface area contributed by atoms with Crippen LogP contribution in [0.3, 0.4) is 0 Å². The summed E-state index contributed by atoms with van der Waals surface area (Å²) in [6.45, 7) is 7.08. The topological polar surface area (TPSA) is 63.8 Å². The minimum absolute atomic E-state index is 0.0724. The lowest BCUT2D eigenvalue weighted by Gasteiger charge is -2.06. The molecule has 5 heteroatoms. The van der Waals surface area contributed by atoms with Crippen LogP contribution in [0, 0.1) is 6.92 Å². The van der Waals surface area contributed by atoms with Gasteiger partial charge in [-0.15, -0.1) is 0 Å². The Hall–Kier alpha value is -1.75. The zero-order valence-electron chi connectivity index (χ0n) is 11.0. The molecule has 0 bridgehead atoms. The minimum Gasteiger partial charge on any atom is -0.337 e.